The van der Waals surface area contributed by atoms with Crippen LogP contribution in [0.1, 0.15) is 25.3 Å². The highest BCUT2D eigenvalue weighted by molar-refractivity contribution is 7.61. The fourth-order valence-corrected chi connectivity index (χ4v) is 2.95. The van der Waals surface area contributed by atoms with Gasteiger partial charge in [0.25, 0.3) is 0 Å². The molecular formula is C15H16OP+. The topological polar surface area (TPSA) is 17.1 Å². The van der Waals surface area contributed by atoms with Gasteiger partial charge in [-0.15, -0.1) is 0 Å². The molecule has 0 aliphatic carbocycles. The van der Waals surface area contributed by atoms with Gasteiger partial charge in [0, 0.05) is 0 Å². The van der Waals surface area contributed by atoms with Crippen molar-refractivity contribution < 1.29 is 4.57 Å². The molecule has 86 valence electrons. The second kappa shape index (κ2) is 5.25. The number of hydrogen-bond acceptors (Lipinski definition) is 1. The van der Waals surface area contributed by atoms with E-state index >= 15 is 0 Å². The van der Waals surface area contributed by atoms with Gasteiger partial charge in [-0.1, -0.05) is 48.7 Å². The Bertz CT molecular complexity index is 517. The minimum absolute atomic E-state index is 0.467. The van der Waals surface area contributed by atoms with Crippen LogP contribution in [0.5, 0.6) is 0 Å². The van der Waals surface area contributed by atoms with Gasteiger partial charge in [-0.3, -0.25) is 0 Å². The molecule has 0 amide bonds. The van der Waals surface area contributed by atoms with Gasteiger partial charge in [-0.2, -0.15) is 0 Å². The molecule has 2 aromatic carbocycles. The molecule has 0 radical (unpaired) electrons. The summed E-state index contributed by atoms with van der Waals surface area (Å²) < 4.78 is 12.4. The van der Waals surface area contributed by atoms with Gasteiger partial charge in [0.15, 0.2) is 10.6 Å². The second-order valence-electron chi connectivity index (χ2n) is 4.38. The summed E-state index contributed by atoms with van der Waals surface area (Å²) in [6, 6.07) is 17.7. The van der Waals surface area contributed by atoms with E-state index in [0.29, 0.717) is 5.92 Å². The lowest BCUT2D eigenvalue weighted by atomic mass is 10.0. The van der Waals surface area contributed by atoms with Crippen LogP contribution in [0.25, 0.3) is 0 Å². The monoisotopic (exact) mass is 243 g/mol. The van der Waals surface area contributed by atoms with Gasteiger partial charge in [-0.05, 0) is 35.7 Å². The van der Waals surface area contributed by atoms with Crippen LogP contribution in [0.4, 0.5) is 0 Å². The van der Waals surface area contributed by atoms with E-state index in [1.165, 1.54) is 5.56 Å². The summed E-state index contributed by atoms with van der Waals surface area (Å²) in [5, 5.41) is 1.81. The lowest BCUT2D eigenvalue weighted by Crippen LogP contribution is -2.07. The molecule has 2 rings (SSSR count). The van der Waals surface area contributed by atoms with Crippen LogP contribution in [0.3, 0.4) is 0 Å². The molecule has 17 heavy (non-hydrogen) atoms. The Balaban J connectivity index is 2.35. The fourth-order valence-electron chi connectivity index (χ4n) is 1.72. The van der Waals surface area contributed by atoms with Gasteiger partial charge in [0.05, 0.1) is 0 Å². The maximum Gasteiger partial charge on any atom is 0.415 e. The van der Waals surface area contributed by atoms with Crippen LogP contribution in [0.15, 0.2) is 54.6 Å². The van der Waals surface area contributed by atoms with E-state index in [0.717, 1.165) is 10.6 Å². The maximum atomic E-state index is 12.4. The molecule has 0 aliphatic rings. The molecule has 0 saturated heterocycles. The molecule has 2 aromatic rings. The van der Waals surface area contributed by atoms with E-state index in [4.69, 9.17) is 0 Å². The predicted molar refractivity (Wildman–Crippen MR) is 73.8 cm³/mol. The summed E-state index contributed by atoms with van der Waals surface area (Å²) in [5.41, 5.74) is 1.24. The molecule has 0 spiro atoms. The highest BCUT2D eigenvalue weighted by atomic mass is 31.1. The average Bonchev–Trinajstić information content (AvgIpc) is 2.39. The minimum atomic E-state index is -1.46. The van der Waals surface area contributed by atoms with Crippen LogP contribution < -0.4 is 10.6 Å². The first kappa shape index (κ1) is 12.0. The van der Waals surface area contributed by atoms with E-state index in [9.17, 15) is 4.57 Å². The molecule has 0 N–H and O–H groups in total. The molecule has 2 heteroatoms. The zero-order valence-corrected chi connectivity index (χ0v) is 11.0. The van der Waals surface area contributed by atoms with Crippen molar-refractivity contribution in [2.75, 3.05) is 0 Å². The highest BCUT2D eigenvalue weighted by Gasteiger charge is 2.23. The summed E-state index contributed by atoms with van der Waals surface area (Å²) in [7, 11) is -1.46. The Kier molecular flexibility index (Phi) is 3.71. The molecule has 0 heterocycles. The average molecular weight is 243 g/mol. The molecule has 1 atom stereocenters. The van der Waals surface area contributed by atoms with Crippen molar-refractivity contribution in [3.05, 3.63) is 60.2 Å². The Morgan fingerprint density at radius 3 is 2.18 bits per heavy atom. The first-order chi connectivity index (χ1) is 8.18. The molecular weight excluding hydrogens is 227 g/mol. The van der Waals surface area contributed by atoms with Crippen molar-refractivity contribution in [2.24, 2.45) is 0 Å². The normalized spacial score (nSPS) is 11.6. The Morgan fingerprint density at radius 2 is 1.53 bits per heavy atom. The molecule has 0 saturated carbocycles. The van der Waals surface area contributed by atoms with Crippen molar-refractivity contribution in [3.63, 3.8) is 0 Å². The van der Waals surface area contributed by atoms with Crippen molar-refractivity contribution in [1.82, 2.24) is 0 Å². The maximum absolute atomic E-state index is 12.4. The Morgan fingerprint density at radius 1 is 0.882 bits per heavy atom. The SMILES string of the molecule is CC(C)c1cccc([P+](=O)c2ccccc2)c1. The largest absolute Gasteiger partial charge is 0.415 e. The number of hydrogen-bond donors (Lipinski definition) is 0. The van der Waals surface area contributed by atoms with Crippen LogP contribution in [0, 0.1) is 0 Å². The third-order valence-electron chi connectivity index (χ3n) is 2.76. The lowest BCUT2D eigenvalue weighted by Gasteiger charge is -2.03. The molecule has 1 nitrogen and oxygen atoms in total. The van der Waals surface area contributed by atoms with Gasteiger partial charge in [-0.25, -0.2) is 0 Å². The highest BCUT2D eigenvalue weighted by Crippen LogP contribution is 2.21. The number of benzene rings is 2. The van der Waals surface area contributed by atoms with E-state index in [1.807, 2.05) is 42.5 Å². The van der Waals surface area contributed by atoms with Crippen LogP contribution >= 0.6 is 7.80 Å². The molecule has 0 fully saturated rings. The first-order valence-electron chi connectivity index (χ1n) is 5.81. The first-order valence-corrected chi connectivity index (χ1v) is 7.06. The van der Waals surface area contributed by atoms with Gasteiger partial charge in [0.1, 0.15) is 0 Å². The molecule has 0 aliphatic heterocycles. The fraction of sp³-hybridized carbons (Fsp3) is 0.200. The van der Waals surface area contributed by atoms with Crippen molar-refractivity contribution in [3.8, 4) is 0 Å². The van der Waals surface area contributed by atoms with Crippen LogP contribution in [0.2, 0.25) is 0 Å². The second-order valence-corrected chi connectivity index (χ2v) is 6.00. The standard InChI is InChI=1S/C15H16OP/c1-12(2)13-7-6-10-15(11-13)17(16)14-8-4-3-5-9-14/h3-12H,1-2H3/q+1. The summed E-state index contributed by atoms with van der Waals surface area (Å²) >= 11 is 0. The summed E-state index contributed by atoms with van der Waals surface area (Å²) in [5.74, 6) is 0.467. The van der Waals surface area contributed by atoms with Gasteiger partial charge in [0.2, 0.25) is 0 Å². The molecule has 0 aromatic heterocycles. The number of rotatable bonds is 3. The van der Waals surface area contributed by atoms with E-state index < -0.39 is 7.80 Å². The molecule has 1 unspecified atom stereocenters. The summed E-state index contributed by atoms with van der Waals surface area (Å²) in [6.45, 7) is 4.30. The third-order valence-corrected chi connectivity index (χ3v) is 4.28. The van der Waals surface area contributed by atoms with E-state index in [2.05, 4.69) is 26.0 Å². The summed E-state index contributed by atoms with van der Waals surface area (Å²) in [6.07, 6.45) is 0. The van der Waals surface area contributed by atoms with Crippen molar-refractivity contribution in [2.45, 2.75) is 19.8 Å². The minimum Gasteiger partial charge on any atom is -0.0619 e. The van der Waals surface area contributed by atoms with Crippen molar-refractivity contribution >= 4 is 18.4 Å². The zero-order valence-electron chi connectivity index (χ0n) is 10.1. The van der Waals surface area contributed by atoms with Crippen LogP contribution in [-0.2, 0) is 4.57 Å². The smallest absolute Gasteiger partial charge is 0.0619 e. The lowest BCUT2D eigenvalue weighted by molar-refractivity contribution is 0.598. The van der Waals surface area contributed by atoms with E-state index in [1.54, 1.807) is 0 Å². The Labute approximate surface area is 103 Å². The quantitative estimate of drug-likeness (QED) is 0.753. The van der Waals surface area contributed by atoms with Gasteiger partial charge < -0.3 is 0 Å². The molecule has 0 bridgehead atoms. The summed E-state index contributed by atoms with van der Waals surface area (Å²) in [4.78, 5) is 0. The zero-order chi connectivity index (χ0) is 12.3. The van der Waals surface area contributed by atoms with Gasteiger partial charge >= 0.3 is 7.80 Å². The Hall–Kier alpha value is -1.46. The van der Waals surface area contributed by atoms with Crippen LogP contribution in [-0.4, -0.2) is 0 Å². The predicted octanol–water partition coefficient (Wildman–Crippen LogP) is 3.59. The van der Waals surface area contributed by atoms with Crippen molar-refractivity contribution in [1.29, 1.82) is 0 Å². The third kappa shape index (κ3) is 2.81. The van der Waals surface area contributed by atoms with E-state index in [-0.39, 0.29) is 0 Å².